The first kappa shape index (κ1) is 21.0. The van der Waals surface area contributed by atoms with Gasteiger partial charge in [0.2, 0.25) is 5.91 Å². The molecular weight excluding hydrogens is 442 g/mol. The van der Waals surface area contributed by atoms with Crippen LogP contribution in [0.3, 0.4) is 0 Å². The Labute approximate surface area is 201 Å². The van der Waals surface area contributed by atoms with Gasteiger partial charge in [0.05, 0.1) is 5.69 Å². The summed E-state index contributed by atoms with van der Waals surface area (Å²) < 4.78 is 9.23. The fourth-order valence-corrected chi connectivity index (χ4v) is 4.59. The second kappa shape index (κ2) is 8.35. The number of rotatable bonds is 5. The second-order valence-electron chi connectivity index (χ2n) is 8.74. The van der Waals surface area contributed by atoms with Crippen LogP contribution in [-0.2, 0) is 11.4 Å². The lowest BCUT2D eigenvalue weighted by Crippen LogP contribution is -2.25. The Morgan fingerprint density at radius 3 is 2.74 bits per heavy atom. The molecular formula is C26H23N7O2. The summed E-state index contributed by atoms with van der Waals surface area (Å²) in [5.41, 5.74) is 5.84. The van der Waals surface area contributed by atoms with Crippen LogP contribution < -0.4 is 10.1 Å². The van der Waals surface area contributed by atoms with Gasteiger partial charge in [-0.2, -0.15) is 14.3 Å². The van der Waals surface area contributed by atoms with E-state index >= 15 is 0 Å². The lowest BCUT2D eigenvalue weighted by atomic mass is 9.86. The molecule has 1 aliphatic rings. The molecule has 0 saturated heterocycles. The number of nitrogens with one attached hydrogen (secondary N) is 1. The standard InChI is InChI=1S/C26H23N7O2/c1-16-4-3-5-18(12-16)14-35-20-8-6-19(7-9-20)21-13-24(34)28-26-25(21)17(2)30-33(26)23-11-10-22-29-27-15-32(22)31-23/h3-12,15,21H,13-14H2,1-2H3,(H,28,34)/t21-/m1/s1. The van der Waals surface area contributed by atoms with Gasteiger partial charge in [-0.15, -0.1) is 15.3 Å². The van der Waals surface area contributed by atoms with E-state index in [9.17, 15) is 4.79 Å². The highest BCUT2D eigenvalue weighted by atomic mass is 16.5. The van der Waals surface area contributed by atoms with E-state index in [4.69, 9.17) is 9.84 Å². The minimum Gasteiger partial charge on any atom is -0.489 e. The molecule has 0 radical (unpaired) electrons. The van der Waals surface area contributed by atoms with Crippen molar-refractivity contribution in [1.82, 2.24) is 29.6 Å². The van der Waals surface area contributed by atoms with Crippen LogP contribution in [0.25, 0.3) is 11.5 Å². The summed E-state index contributed by atoms with van der Waals surface area (Å²) in [5, 5.41) is 20.1. The minimum atomic E-state index is -0.114. The second-order valence-corrected chi connectivity index (χ2v) is 8.74. The first-order chi connectivity index (χ1) is 17.0. The predicted octanol–water partition coefficient (Wildman–Crippen LogP) is 3.98. The highest BCUT2D eigenvalue weighted by Crippen LogP contribution is 2.40. The van der Waals surface area contributed by atoms with E-state index in [1.165, 1.54) is 11.9 Å². The SMILES string of the molecule is Cc1cccc(COc2ccc([C@H]3CC(=O)Nc4c3c(C)nn4-c3ccc4nncn4n3)cc2)c1. The number of carbonyl (C=O) groups is 1. The van der Waals surface area contributed by atoms with Gasteiger partial charge in [0, 0.05) is 17.9 Å². The van der Waals surface area contributed by atoms with Gasteiger partial charge in [-0.1, -0.05) is 42.0 Å². The molecule has 3 aromatic heterocycles. The van der Waals surface area contributed by atoms with Crippen LogP contribution in [0.1, 0.15) is 40.3 Å². The number of hydrogen-bond acceptors (Lipinski definition) is 6. The van der Waals surface area contributed by atoms with Crippen LogP contribution in [0.4, 0.5) is 5.82 Å². The maximum Gasteiger partial charge on any atom is 0.226 e. The molecule has 1 amide bonds. The van der Waals surface area contributed by atoms with Crippen LogP contribution in [0.2, 0.25) is 0 Å². The van der Waals surface area contributed by atoms with Gasteiger partial charge >= 0.3 is 0 Å². The number of aryl methyl sites for hydroxylation is 2. The minimum absolute atomic E-state index is 0.0613. The van der Waals surface area contributed by atoms with E-state index in [1.807, 2.05) is 49.4 Å². The summed E-state index contributed by atoms with van der Waals surface area (Å²) in [6.45, 7) is 4.53. The van der Waals surface area contributed by atoms with E-state index in [2.05, 4.69) is 45.7 Å². The van der Waals surface area contributed by atoms with Gasteiger partial charge in [0.25, 0.3) is 0 Å². The molecule has 0 spiro atoms. The Bertz CT molecular complexity index is 1550. The summed E-state index contributed by atoms with van der Waals surface area (Å²) in [6.07, 6.45) is 1.88. The Hall–Kier alpha value is -4.53. The number of benzene rings is 2. The lowest BCUT2D eigenvalue weighted by Gasteiger charge is -2.24. The van der Waals surface area contributed by atoms with E-state index in [0.717, 1.165) is 28.1 Å². The highest BCUT2D eigenvalue weighted by Gasteiger charge is 2.33. The van der Waals surface area contributed by atoms with Gasteiger partial charge < -0.3 is 10.1 Å². The third kappa shape index (κ3) is 3.90. The summed E-state index contributed by atoms with van der Waals surface area (Å²) in [5.74, 6) is 1.83. The summed E-state index contributed by atoms with van der Waals surface area (Å²) in [6, 6.07) is 19.9. The van der Waals surface area contributed by atoms with Crippen molar-refractivity contribution in [3.05, 3.63) is 94.9 Å². The molecule has 0 aliphatic carbocycles. The number of hydrogen-bond donors (Lipinski definition) is 1. The predicted molar refractivity (Wildman–Crippen MR) is 130 cm³/mol. The Kier molecular flexibility index (Phi) is 5.02. The topological polar surface area (TPSA) is 99.2 Å². The number of fused-ring (bicyclic) bond motifs is 2. The fourth-order valence-electron chi connectivity index (χ4n) is 4.59. The van der Waals surface area contributed by atoms with Gasteiger partial charge in [-0.3, -0.25) is 4.79 Å². The van der Waals surface area contributed by atoms with Gasteiger partial charge in [-0.25, -0.2) is 0 Å². The van der Waals surface area contributed by atoms with E-state index in [0.29, 0.717) is 30.3 Å². The van der Waals surface area contributed by atoms with Crippen LogP contribution in [0.15, 0.2) is 67.0 Å². The maximum atomic E-state index is 12.7. The number of anilines is 1. The molecule has 4 heterocycles. The number of carbonyl (C=O) groups excluding carboxylic acids is 1. The van der Waals surface area contributed by atoms with Crippen LogP contribution in [-0.4, -0.2) is 35.5 Å². The quantitative estimate of drug-likeness (QED) is 0.422. The number of amides is 1. The molecule has 0 unspecified atom stereocenters. The molecule has 0 fully saturated rings. The number of aromatic nitrogens is 6. The van der Waals surface area contributed by atoms with Crippen molar-refractivity contribution in [2.24, 2.45) is 0 Å². The average molecular weight is 466 g/mol. The Morgan fingerprint density at radius 2 is 1.91 bits per heavy atom. The van der Waals surface area contributed by atoms with Crippen molar-refractivity contribution in [1.29, 1.82) is 0 Å². The zero-order valence-corrected chi connectivity index (χ0v) is 19.3. The molecule has 1 atom stereocenters. The van der Waals surface area contributed by atoms with Crippen LogP contribution >= 0.6 is 0 Å². The highest BCUT2D eigenvalue weighted by molar-refractivity contribution is 5.95. The van der Waals surface area contributed by atoms with Crippen LogP contribution in [0.5, 0.6) is 5.75 Å². The van der Waals surface area contributed by atoms with Crippen molar-refractivity contribution < 1.29 is 9.53 Å². The van der Waals surface area contributed by atoms with Gasteiger partial charge in [0.1, 0.15) is 24.5 Å². The monoisotopic (exact) mass is 465 g/mol. The summed E-state index contributed by atoms with van der Waals surface area (Å²) >= 11 is 0. The van der Waals surface area contributed by atoms with Gasteiger partial charge in [0.15, 0.2) is 11.5 Å². The zero-order chi connectivity index (χ0) is 23.9. The Balaban J connectivity index is 1.29. The van der Waals surface area contributed by atoms with Crippen molar-refractivity contribution >= 4 is 17.4 Å². The molecule has 174 valence electrons. The molecule has 5 aromatic rings. The molecule has 6 rings (SSSR count). The van der Waals surface area contributed by atoms with Crippen molar-refractivity contribution in [2.75, 3.05) is 5.32 Å². The lowest BCUT2D eigenvalue weighted by molar-refractivity contribution is -0.116. The molecule has 2 aromatic carbocycles. The average Bonchev–Trinajstić information content (AvgIpc) is 3.46. The Morgan fingerprint density at radius 1 is 1.06 bits per heavy atom. The maximum absolute atomic E-state index is 12.7. The normalized spacial score (nSPS) is 15.1. The van der Waals surface area contributed by atoms with E-state index in [1.54, 1.807) is 9.20 Å². The number of nitrogens with zero attached hydrogens (tertiary/aromatic N) is 6. The molecule has 0 saturated carbocycles. The third-order valence-electron chi connectivity index (χ3n) is 6.24. The molecule has 1 N–H and O–H groups in total. The summed E-state index contributed by atoms with van der Waals surface area (Å²) in [7, 11) is 0. The first-order valence-electron chi connectivity index (χ1n) is 11.4. The van der Waals surface area contributed by atoms with Crippen LogP contribution in [0, 0.1) is 13.8 Å². The molecule has 9 heteroatoms. The molecule has 0 bridgehead atoms. The van der Waals surface area contributed by atoms with Crippen molar-refractivity contribution in [3.63, 3.8) is 0 Å². The third-order valence-corrected chi connectivity index (χ3v) is 6.24. The number of ether oxygens (including phenoxy) is 1. The summed E-state index contributed by atoms with van der Waals surface area (Å²) in [4.78, 5) is 12.7. The smallest absolute Gasteiger partial charge is 0.226 e. The fraction of sp³-hybridized carbons (Fsp3) is 0.192. The largest absolute Gasteiger partial charge is 0.489 e. The van der Waals surface area contributed by atoms with Crippen molar-refractivity contribution in [3.8, 4) is 11.6 Å². The van der Waals surface area contributed by atoms with Gasteiger partial charge in [-0.05, 0) is 49.2 Å². The molecule has 9 nitrogen and oxygen atoms in total. The molecule has 35 heavy (non-hydrogen) atoms. The van der Waals surface area contributed by atoms with E-state index < -0.39 is 0 Å². The first-order valence-corrected chi connectivity index (χ1v) is 11.4. The van der Waals surface area contributed by atoms with E-state index in [-0.39, 0.29) is 11.8 Å². The van der Waals surface area contributed by atoms with Crippen molar-refractivity contribution in [2.45, 2.75) is 32.8 Å². The molecule has 1 aliphatic heterocycles. The zero-order valence-electron chi connectivity index (χ0n) is 19.3.